The molecule has 142 valence electrons. The molecule has 0 fully saturated rings. The Bertz CT molecular complexity index is 847. The number of benzene rings is 2. The van der Waals surface area contributed by atoms with Gasteiger partial charge in [-0.3, -0.25) is 9.59 Å². The Morgan fingerprint density at radius 3 is 2.19 bits per heavy atom. The Balaban J connectivity index is 2.12. The van der Waals surface area contributed by atoms with Gasteiger partial charge in [0.1, 0.15) is 5.75 Å². The maximum absolute atomic E-state index is 12.3. The van der Waals surface area contributed by atoms with Crippen molar-refractivity contribution in [2.24, 2.45) is 0 Å². The molecule has 0 unspecified atom stereocenters. The van der Waals surface area contributed by atoms with Gasteiger partial charge in [-0.2, -0.15) is 0 Å². The fraction of sp³-hybridized carbons (Fsp3) is 0.273. The molecule has 5 heteroatoms. The van der Waals surface area contributed by atoms with Gasteiger partial charge in [0.05, 0.1) is 18.5 Å². The molecule has 2 aromatic carbocycles. The molecule has 0 bridgehead atoms. The highest BCUT2D eigenvalue weighted by molar-refractivity contribution is 6.05. The van der Waals surface area contributed by atoms with Gasteiger partial charge in [-0.05, 0) is 34.8 Å². The number of rotatable bonds is 5. The van der Waals surface area contributed by atoms with E-state index in [0.717, 1.165) is 5.56 Å². The van der Waals surface area contributed by atoms with Crippen LogP contribution in [0.2, 0.25) is 0 Å². The summed E-state index contributed by atoms with van der Waals surface area (Å²) in [6.07, 6.45) is 3.21. The van der Waals surface area contributed by atoms with Gasteiger partial charge in [-0.25, -0.2) is 0 Å². The molecule has 0 radical (unpaired) electrons. The molecule has 0 aliphatic carbocycles. The maximum atomic E-state index is 12.3. The largest absolute Gasteiger partial charge is 0.497 e. The van der Waals surface area contributed by atoms with Crippen molar-refractivity contribution in [3.05, 3.63) is 59.7 Å². The zero-order chi connectivity index (χ0) is 20.0. The summed E-state index contributed by atoms with van der Waals surface area (Å²) in [7, 11) is 1.54. The third-order valence-corrected chi connectivity index (χ3v) is 4.00. The van der Waals surface area contributed by atoms with E-state index in [0.29, 0.717) is 17.1 Å². The fourth-order valence-corrected chi connectivity index (χ4v) is 2.49. The smallest absolute Gasteiger partial charge is 0.248 e. The van der Waals surface area contributed by atoms with Gasteiger partial charge in [0.2, 0.25) is 11.8 Å². The normalized spacial score (nSPS) is 11.3. The topological polar surface area (TPSA) is 67.4 Å². The lowest BCUT2D eigenvalue weighted by Gasteiger charge is -2.18. The van der Waals surface area contributed by atoms with Crippen LogP contribution >= 0.6 is 0 Å². The summed E-state index contributed by atoms with van der Waals surface area (Å²) in [6, 6.07) is 13.2. The molecule has 2 rings (SSSR count). The Morgan fingerprint density at radius 1 is 0.963 bits per heavy atom. The van der Waals surface area contributed by atoms with Crippen molar-refractivity contribution in [3.8, 4) is 5.75 Å². The lowest BCUT2D eigenvalue weighted by Crippen LogP contribution is -2.13. The molecule has 2 aromatic rings. The third-order valence-electron chi connectivity index (χ3n) is 4.00. The van der Waals surface area contributed by atoms with Gasteiger partial charge in [0.25, 0.3) is 0 Å². The quantitative estimate of drug-likeness (QED) is 0.760. The lowest BCUT2D eigenvalue weighted by atomic mass is 9.87. The summed E-state index contributed by atoms with van der Waals surface area (Å²) in [5, 5.41) is 5.47. The van der Waals surface area contributed by atoms with E-state index in [1.807, 2.05) is 12.1 Å². The van der Waals surface area contributed by atoms with Crippen molar-refractivity contribution in [1.82, 2.24) is 0 Å². The van der Waals surface area contributed by atoms with Gasteiger partial charge in [-0.15, -0.1) is 0 Å². The zero-order valence-electron chi connectivity index (χ0n) is 16.4. The highest BCUT2D eigenvalue weighted by atomic mass is 16.5. The molecular formula is C22H26N2O3. The number of nitrogens with one attached hydrogen (secondary N) is 2. The van der Waals surface area contributed by atoms with Gasteiger partial charge in [0, 0.05) is 19.1 Å². The number of ether oxygens (including phenoxy) is 1. The van der Waals surface area contributed by atoms with E-state index in [4.69, 9.17) is 4.74 Å². The predicted molar refractivity (Wildman–Crippen MR) is 110 cm³/mol. The number of hydrogen-bond acceptors (Lipinski definition) is 3. The minimum atomic E-state index is -0.297. The van der Waals surface area contributed by atoms with Gasteiger partial charge in [-0.1, -0.05) is 45.0 Å². The van der Waals surface area contributed by atoms with Crippen LogP contribution in [0.25, 0.3) is 6.08 Å². The summed E-state index contributed by atoms with van der Waals surface area (Å²) in [5.41, 5.74) is 3.25. The molecule has 0 spiro atoms. The SMILES string of the molecule is COc1ccc(NC(C)=O)c(NC(=O)C=Cc2ccc(C(C)(C)C)cc2)c1. The highest BCUT2D eigenvalue weighted by Gasteiger charge is 2.12. The second-order valence-electron chi connectivity index (χ2n) is 7.29. The van der Waals surface area contributed by atoms with Crippen LogP contribution in [-0.4, -0.2) is 18.9 Å². The number of anilines is 2. The van der Waals surface area contributed by atoms with Crippen LogP contribution in [0.5, 0.6) is 5.75 Å². The van der Waals surface area contributed by atoms with Crippen LogP contribution in [-0.2, 0) is 15.0 Å². The Hall–Kier alpha value is -3.08. The van der Waals surface area contributed by atoms with Crippen LogP contribution in [0.4, 0.5) is 11.4 Å². The second kappa shape index (κ2) is 8.54. The molecular weight excluding hydrogens is 340 g/mol. The van der Waals surface area contributed by atoms with Crippen LogP contribution < -0.4 is 15.4 Å². The van der Waals surface area contributed by atoms with E-state index in [1.54, 1.807) is 31.4 Å². The van der Waals surface area contributed by atoms with Crippen molar-refractivity contribution < 1.29 is 14.3 Å². The zero-order valence-corrected chi connectivity index (χ0v) is 16.4. The molecule has 0 aliphatic rings. The van der Waals surface area contributed by atoms with Crippen molar-refractivity contribution in [2.75, 3.05) is 17.7 Å². The van der Waals surface area contributed by atoms with Crippen LogP contribution in [0.1, 0.15) is 38.8 Å². The first-order chi connectivity index (χ1) is 12.7. The summed E-state index contributed by atoms with van der Waals surface area (Å²) in [5.74, 6) is 0.0704. The molecule has 27 heavy (non-hydrogen) atoms. The predicted octanol–water partition coefficient (Wildman–Crippen LogP) is 4.60. The Morgan fingerprint density at radius 2 is 1.63 bits per heavy atom. The van der Waals surface area contributed by atoms with E-state index in [2.05, 4.69) is 43.5 Å². The van der Waals surface area contributed by atoms with Crippen LogP contribution in [0, 0.1) is 0 Å². The first-order valence-corrected chi connectivity index (χ1v) is 8.74. The van der Waals surface area contributed by atoms with Crippen molar-refractivity contribution >= 4 is 29.3 Å². The number of carbonyl (C=O) groups is 2. The average Bonchev–Trinajstić information content (AvgIpc) is 2.60. The minimum Gasteiger partial charge on any atom is -0.497 e. The van der Waals surface area contributed by atoms with Crippen molar-refractivity contribution in [2.45, 2.75) is 33.1 Å². The van der Waals surface area contributed by atoms with Gasteiger partial charge >= 0.3 is 0 Å². The first kappa shape index (κ1) is 20.2. The molecule has 0 saturated carbocycles. The first-order valence-electron chi connectivity index (χ1n) is 8.74. The molecule has 0 heterocycles. The lowest BCUT2D eigenvalue weighted by molar-refractivity contribution is -0.114. The molecule has 5 nitrogen and oxygen atoms in total. The van der Waals surface area contributed by atoms with Crippen molar-refractivity contribution in [3.63, 3.8) is 0 Å². The van der Waals surface area contributed by atoms with E-state index in [1.165, 1.54) is 18.6 Å². The average molecular weight is 366 g/mol. The van der Waals surface area contributed by atoms with Crippen LogP contribution in [0.3, 0.4) is 0 Å². The fourth-order valence-electron chi connectivity index (χ4n) is 2.49. The minimum absolute atomic E-state index is 0.0894. The van der Waals surface area contributed by atoms with Gasteiger partial charge < -0.3 is 15.4 Å². The molecule has 2 N–H and O–H groups in total. The number of hydrogen-bond donors (Lipinski definition) is 2. The maximum Gasteiger partial charge on any atom is 0.248 e. The second-order valence-corrected chi connectivity index (χ2v) is 7.29. The molecule has 0 saturated heterocycles. The monoisotopic (exact) mass is 366 g/mol. The summed E-state index contributed by atoms with van der Waals surface area (Å²) >= 11 is 0. The number of methoxy groups -OCH3 is 1. The molecule has 2 amide bonds. The summed E-state index contributed by atoms with van der Waals surface area (Å²) in [6.45, 7) is 7.89. The number of carbonyl (C=O) groups excluding carboxylic acids is 2. The van der Waals surface area contributed by atoms with E-state index < -0.39 is 0 Å². The Kier molecular flexibility index (Phi) is 6.40. The van der Waals surface area contributed by atoms with Gasteiger partial charge in [0.15, 0.2) is 0 Å². The summed E-state index contributed by atoms with van der Waals surface area (Å²) < 4.78 is 5.18. The molecule has 0 atom stereocenters. The standard InChI is InChI=1S/C22H26N2O3/c1-15(25)23-19-12-11-18(27-5)14-20(19)24-21(26)13-8-16-6-9-17(10-7-16)22(2,3)4/h6-14H,1-5H3,(H,23,25)(H,24,26). The molecule has 0 aliphatic heterocycles. The molecule has 0 aromatic heterocycles. The van der Waals surface area contributed by atoms with Crippen LogP contribution in [0.15, 0.2) is 48.5 Å². The Labute approximate surface area is 160 Å². The number of amides is 2. The van der Waals surface area contributed by atoms with E-state index >= 15 is 0 Å². The van der Waals surface area contributed by atoms with E-state index in [-0.39, 0.29) is 17.2 Å². The third kappa shape index (κ3) is 5.99. The summed E-state index contributed by atoms with van der Waals surface area (Å²) in [4.78, 5) is 23.6. The van der Waals surface area contributed by atoms with Crippen molar-refractivity contribution in [1.29, 1.82) is 0 Å². The highest BCUT2D eigenvalue weighted by Crippen LogP contribution is 2.27. The van der Waals surface area contributed by atoms with E-state index in [9.17, 15) is 9.59 Å².